The number of hydrogen-bond acceptors (Lipinski definition) is 3. The van der Waals surface area contributed by atoms with Crippen molar-refractivity contribution >= 4 is 11.6 Å². The lowest BCUT2D eigenvalue weighted by atomic mass is 10.1. The molecule has 2 heterocycles. The van der Waals surface area contributed by atoms with E-state index >= 15 is 0 Å². The van der Waals surface area contributed by atoms with Crippen LogP contribution in [0.3, 0.4) is 0 Å². The molecule has 3 rings (SSSR count). The van der Waals surface area contributed by atoms with E-state index in [-0.39, 0.29) is 11.6 Å². The molecule has 0 unspecified atom stereocenters. The Labute approximate surface area is 134 Å². The lowest BCUT2D eigenvalue weighted by Crippen LogP contribution is -2.34. The zero-order valence-electron chi connectivity index (χ0n) is 12.3. The average molecular weight is 319 g/mol. The number of piperidine rings is 1. The van der Waals surface area contributed by atoms with Crippen molar-refractivity contribution in [3.63, 3.8) is 0 Å². The van der Waals surface area contributed by atoms with Gasteiger partial charge in [-0.25, -0.2) is 0 Å². The highest BCUT2D eigenvalue weighted by Gasteiger charge is 2.17. The van der Waals surface area contributed by atoms with Crippen LogP contribution in [0, 0.1) is 0 Å². The molecule has 116 valence electrons. The number of aromatic nitrogens is 1. The van der Waals surface area contributed by atoms with Crippen LogP contribution in [-0.2, 0) is 6.61 Å². The number of pyridine rings is 1. The number of benzene rings is 1. The molecule has 1 saturated heterocycles. The predicted molar refractivity (Wildman–Crippen MR) is 87.6 cm³/mol. The molecule has 0 atom stereocenters. The molecule has 5 heteroatoms. The summed E-state index contributed by atoms with van der Waals surface area (Å²) in [6.07, 6.45) is 3.79. The Morgan fingerprint density at radius 2 is 2.05 bits per heavy atom. The second-order valence-electron chi connectivity index (χ2n) is 5.48. The minimum absolute atomic E-state index is 0.0589. The molecule has 1 fully saturated rings. The Kier molecular flexibility index (Phi) is 4.80. The minimum Gasteiger partial charge on any atom is -0.483 e. The highest BCUT2D eigenvalue weighted by Crippen LogP contribution is 2.18. The van der Waals surface area contributed by atoms with Crippen LogP contribution < -0.4 is 15.6 Å². The van der Waals surface area contributed by atoms with E-state index < -0.39 is 0 Å². The number of hydrogen-bond donors (Lipinski definition) is 1. The predicted octanol–water partition coefficient (Wildman–Crippen LogP) is 3.01. The zero-order valence-corrected chi connectivity index (χ0v) is 13.1. The molecule has 0 saturated carbocycles. The van der Waals surface area contributed by atoms with E-state index in [1.165, 1.54) is 0 Å². The van der Waals surface area contributed by atoms with Crippen LogP contribution in [0.5, 0.6) is 5.75 Å². The summed E-state index contributed by atoms with van der Waals surface area (Å²) < 4.78 is 7.50. The van der Waals surface area contributed by atoms with Crippen LogP contribution >= 0.6 is 11.6 Å². The van der Waals surface area contributed by atoms with E-state index in [1.807, 2.05) is 36.5 Å². The van der Waals surface area contributed by atoms with Gasteiger partial charge in [-0.2, -0.15) is 0 Å². The van der Waals surface area contributed by atoms with Crippen molar-refractivity contribution in [2.24, 2.45) is 0 Å². The second kappa shape index (κ2) is 6.99. The van der Waals surface area contributed by atoms with Gasteiger partial charge in [-0.3, -0.25) is 4.79 Å². The maximum atomic E-state index is 12.5. The number of ether oxygens (including phenoxy) is 1. The van der Waals surface area contributed by atoms with E-state index in [1.54, 1.807) is 10.6 Å². The summed E-state index contributed by atoms with van der Waals surface area (Å²) in [5.74, 6) is 0.390. The highest BCUT2D eigenvalue weighted by molar-refractivity contribution is 6.30. The van der Waals surface area contributed by atoms with Crippen molar-refractivity contribution in [1.29, 1.82) is 0 Å². The van der Waals surface area contributed by atoms with Crippen molar-refractivity contribution in [2.45, 2.75) is 25.5 Å². The normalized spacial score (nSPS) is 15.7. The van der Waals surface area contributed by atoms with Crippen LogP contribution in [-0.4, -0.2) is 17.7 Å². The molecule has 0 aliphatic carbocycles. The Bertz CT molecular complexity index is 693. The first-order valence-electron chi connectivity index (χ1n) is 7.53. The summed E-state index contributed by atoms with van der Waals surface area (Å²) in [7, 11) is 0. The van der Waals surface area contributed by atoms with Crippen molar-refractivity contribution in [1.82, 2.24) is 9.88 Å². The molecule has 1 N–H and O–H groups in total. The topological polar surface area (TPSA) is 43.3 Å². The van der Waals surface area contributed by atoms with Crippen molar-refractivity contribution < 1.29 is 4.74 Å². The molecule has 2 aromatic rings. The molecule has 0 amide bonds. The lowest BCUT2D eigenvalue weighted by Gasteiger charge is -2.25. The van der Waals surface area contributed by atoms with Crippen LogP contribution in [0.1, 0.15) is 24.4 Å². The Morgan fingerprint density at radius 3 is 2.82 bits per heavy atom. The monoisotopic (exact) mass is 318 g/mol. The van der Waals surface area contributed by atoms with Crippen LogP contribution in [0.2, 0.25) is 5.02 Å². The van der Waals surface area contributed by atoms with E-state index in [9.17, 15) is 4.79 Å². The zero-order chi connectivity index (χ0) is 15.4. The molecular formula is C17H19ClN2O2. The summed E-state index contributed by atoms with van der Waals surface area (Å²) in [6.45, 7) is 2.24. The number of nitrogens with zero attached hydrogens (tertiary/aromatic N) is 1. The van der Waals surface area contributed by atoms with E-state index in [2.05, 4.69) is 5.32 Å². The third-order valence-corrected chi connectivity index (χ3v) is 4.16. The van der Waals surface area contributed by atoms with Gasteiger partial charge in [0.05, 0.1) is 0 Å². The minimum atomic E-state index is -0.0589. The van der Waals surface area contributed by atoms with Crippen molar-refractivity contribution in [2.75, 3.05) is 13.1 Å². The van der Waals surface area contributed by atoms with Gasteiger partial charge in [-0.1, -0.05) is 23.7 Å². The third kappa shape index (κ3) is 3.51. The quantitative estimate of drug-likeness (QED) is 0.942. The molecule has 0 spiro atoms. The van der Waals surface area contributed by atoms with Crippen LogP contribution in [0.15, 0.2) is 47.4 Å². The van der Waals surface area contributed by atoms with Gasteiger partial charge in [0.15, 0.2) is 5.75 Å². The molecule has 22 heavy (non-hydrogen) atoms. The fourth-order valence-electron chi connectivity index (χ4n) is 2.76. The smallest absolute Gasteiger partial charge is 0.293 e. The first-order chi connectivity index (χ1) is 10.7. The summed E-state index contributed by atoms with van der Waals surface area (Å²) in [6, 6.07) is 11.3. The van der Waals surface area contributed by atoms with E-state index in [0.29, 0.717) is 17.4 Å². The van der Waals surface area contributed by atoms with E-state index in [0.717, 1.165) is 31.5 Å². The largest absolute Gasteiger partial charge is 0.483 e. The summed E-state index contributed by atoms with van der Waals surface area (Å²) >= 11 is 5.96. The van der Waals surface area contributed by atoms with Crippen molar-refractivity contribution in [3.8, 4) is 5.75 Å². The van der Waals surface area contributed by atoms with Gasteiger partial charge in [-0.15, -0.1) is 0 Å². The summed E-state index contributed by atoms with van der Waals surface area (Å²) in [4.78, 5) is 12.5. The maximum absolute atomic E-state index is 12.5. The Morgan fingerprint density at radius 1 is 1.23 bits per heavy atom. The molecule has 0 bridgehead atoms. The lowest BCUT2D eigenvalue weighted by molar-refractivity contribution is 0.291. The van der Waals surface area contributed by atoms with Gasteiger partial charge in [-0.05, 0) is 55.8 Å². The summed E-state index contributed by atoms with van der Waals surface area (Å²) in [5, 5.41) is 3.98. The highest BCUT2D eigenvalue weighted by atomic mass is 35.5. The van der Waals surface area contributed by atoms with Gasteiger partial charge in [0.2, 0.25) is 0 Å². The Balaban J connectivity index is 1.75. The first kappa shape index (κ1) is 15.1. The fourth-order valence-corrected chi connectivity index (χ4v) is 2.97. The SMILES string of the molecule is O=c1c(OCc2cccc(Cl)c2)cccn1C1CCNCC1. The molecule has 1 aliphatic heterocycles. The number of nitrogens with one attached hydrogen (secondary N) is 1. The maximum Gasteiger partial charge on any atom is 0.293 e. The third-order valence-electron chi connectivity index (χ3n) is 3.92. The molecule has 1 aromatic carbocycles. The van der Waals surface area contributed by atoms with Crippen LogP contribution in [0.4, 0.5) is 0 Å². The van der Waals surface area contributed by atoms with Crippen LogP contribution in [0.25, 0.3) is 0 Å². The van der Waals surface area contributed by atoms with Gasteiger partial charge >= 0.3 is 0 Å². The fraction of sp³-hybridized carbons (Fsp3) is 0.353. The molecule has 1 aromatic heterocycles. The Hall–Kier alpha value is -1.78. The van der Waals surface area contributed by atoms with Gasteiger partial charge in [0.25, 0.3) is 5.56 Å². The van der Waals surface area contributed by atoms with Gasteiger partial charge in [0.1, 0.15) is 6.61 Å². The molecular weight excluding hydrogens is 300 g/mol. The van der Waals surface area contributed by atoms with Gasteiger partial charge in [0, 0.05) is 17.3 Å². The van der Waals surface area contributed by atoms with E-state index in [4.69, 9.17) is 16.3 Å². The second-order valence-corrected chi connectivity index (χ2v) is 5.92. The number of rotatable bonds is 4. The van der Waals surface area contributed by atoms with Gasteiger partial charge < -0.3 is 14.6 Å². The first-order valence-corrected chi connectivity index (χ1v) is 7.91. The standard InChI is InChI=1S/C17H19ClN2O2/c18-14-4-1-3-13(11-14)12-22-16-5-2-10-20(17(16)21)15-6-8-19-9-7-15/h1-5,10-11,15,19H,6-9,12H2. The molecule has 1 aliphatic rings. The molecule has 4 nitrogen and oxygen atoms in total. The summed E-state index contributed by atoms with van der Waals surface area (Å²) in [5.41, 5.74) is 0.889. The number of halogens is 1. The van der Waals surface area contributed by atoms with Crippen molar-refractivity contribution in [3.05, 3.63) is 63.5 Å². The average Bonchev–Trinajstić information content (AvgIpc) is 2.55. The molecule has 0 radical (unpaired) electrons.